The minimum Gasteiger partial charge on any atom is -0.349 e. The van der Waals surface area contributed by atoms with Gasteiger partial charge in [-0.1, -0.05) is 58.4 Å². The van der Waals surface area contributed by atoms with E-state index in [0.29, 0.717) is 13.0 Å². The first-order chi connectivity index (χ1) is 11.2. The minimum absolute atomic E-state index is 0.00350. The van der Waals surface area contributed by atoms with Crippen LogP contribution in [0.5, 0.6) is 0 Å². The molecule has 0 aliphatic rings. The van der Waals surface area contributed by atoms with Crippen LogP contribution in [0.15, 0.2) is 64.5 Å². The molecule has 0 spiro atoms. The molecule has 1 heterocycles. The van der Waals surface area contributed by atoms with E-state index in [1.54, 1.807) is 11.3 Å². The molecule has 0 bridgehead atoms. The first-order valence-corrected chi connectivity index (χ1v) is 8.89. The number of benzene rings is 2. The number of rotatable bonds is 5. The number of amides is 1. The van der Waals surface area contributed by atoms with Crippen LogP contribution < -0.4 is 5.32 Å². The van der Waals surface area contributed by atoms with E-state index < -0.39 is 0 Å². The second-order valence-electron chi connectivity index (χ2n) is 5.07. The molecule has 5 heteroatoms. The number of carbonyl (C=O) groups is 1. The van der Waals surface area contributed by atoms with Gasteiger partial charge in [-0.05, 0) is 17.7 Å². The average Bonchev–Trinajstić information content (AvgIpc) is 3.05. The molecule has 23 heavy (non-hydrogen) atoms. The molecule has 1 N–H and O–H groups in total. The highest BCUT2D eigenvalue weighted by Gasteiger charge is 2.07. The molecule has 0 fully saturated rings. The molecule has 1 amide bonds. The van der Waals surface area contributed by atoms with Crippen LogP contribution in [0.2, 0.25) is 0 Å². The summed E-state index contributed by atoms with van der Waals surface area (Å²) >= 11 is 4.95. The van der Waals surface area contributed by atoms with Crippen LogP contribution in [0.1, 0.15) is 10.6 Å². The van der Waals surface area contributed by atoms with E-state index in [1.165, 1.54) is 0 Å². The third kappa shape index (κ3) is 4.50. The number of halogens is 1. The van der Waals surface area contributed by atoms with Crippen molar-refractivity contribution in [1.29, 1.82) is 0 Å². The van der Waals surface area contributed by atoms with Crippen molar-refractivity contribution in [2.24, 2.45) is 0 Å². The minimum atomic E-state index is 0.00350. The zero-order valence-electron chi connectivity index (χ0n) is 12.3. The third-order valence-corrected chi connectivity index (χ3v) is 4.71. The molecular weight excluding hydrogens is 372 g/mol. The number of hydrogen-bond acceptors (Lipinski definition) is 3. The van der Waals surface area contributed by atoms with Crippen LogP contribution in [0.4, 0.5) is 0 Å². The molecule has 3 nitrogen and oxygen atoms in total. The molecule has 116 valence electrons. The second kappa shape index (κ2) is 7.53. The fourth-order valence-corrected chi connectivity index (χ4v) is 3.17. The monoisotopic (exact) mass is 386 g/mol. The Hall–Kier alpha value is -1.98. The quantitative estimate of drug-likeness (QED) is 0.704. The summed E-state index contributed by atoms with van der Waals surface area (Å²) in [6.45, 7) is 0.465. The van der Waals surface area contributed by atoms with Crippen molar-refractivity contribution in [1.82, 2.24) is 10.3 Å². The van der Waals surface area contributed by atoms with Crippen molar-refractivity contribution < 1.29 is 4.79 Å². The van der Waals surface area contributed by atoms with Gasteiger partial charge in [0.15, 0.2) is 0 Å². The molecule has 0 atom stereocenters. The zero-order chi connectivity index (χ0) is 16.1. The van der Waals surface area contributed by atoms with Gasteiger partial charge in [0.05, 0.1) is 18.7 Å². The van der Waals surface area contributed by atoms with Gasteiger partial charge in [-0.15, -0.1) is 11.3 Å². The Morgan fingerprint density at radius 2 is 1.83 bits per heavy atom. The summed E-state index contributed by atoms with van der Waals surface area (Å²) in [6, 6.07) is 17.8. The first kappa shape index (κ1) is 15.9. The van der Waals surface area contributed by atoms with Gasteiger partial charge in [-0.3, -0.25) is 4.79 Å². The molecule has 0 saturated carbocycles. The lowest BCUT2D eigenvalue weighted by atomic mass is 10.1. The van der Waals surface area contributed by atoms with Gasteiger partial charge in [0.2, 0.25) is 5.91 Å². The standard InChI is InChI=1S/C18H15BrN2OS/c19-15-8-6-13(7-9-15)10-17(22)20-11-18-21-16(12-23-18)14-4-2-1-3-5-14/h1-9,12H,10-11H2,(H,20,22). The van der Waals surface area contributed by atoms with E-state index in [2.05, 4.69) is 26.2 Å². The normalized spacial score (nSPS) is 10.5. The van der Waals surface area contributed by atoms with Crippen LogP contribution in [0, 0.1) is 0 Å². The summed E-state index contributed by atoms with van der Waals surface area (Å²) < 4.78 is 1.01. The molecule has 2 aromatic carbocycles. The second-order valence-corrected chi connectivity index (χ2v) is 6.93. The summed E-state index contributed by atoms with van der Waals surface area (Å²) in [7, 11) is 0. The largest absolute Gasteiger partial charge is 0.349 e. The lowest BCUT2D eigenvalue weighted by Crippen LogP contribution is -2.24. The van der Waals surface area contributed by atoms with E-state index in [-0.39, 0.29) is 5.91 Å². The lowest BCUT2D eigenvalue weighted by Gasteiger charge is -2.03. The highest BCUT2D eigenvalue weighted by molar-refractivity contribution is 9.10. The molecule has 0 aliphatic carbocycles. The van der Waals surface area contributed by atoms with Gasteiger partial charge in [0, 0.05) is 15.4 Å². The van der Waals surface area contributed by atoms with Crippen molar-refractivity contribution in [3.05, 3.63) is 75.0 Å². The maximum atomic E-state index is 12.0. The molecule has 0 unspecified atom stereocenters. The average molecular weight is 387 g/mol. The van der Waals surface area contributed by atoms with Crippen LogP contribution in [0.3, 0.4) is 0 Å². The van der Waals surface area contributed by atoms with Crippen molar-refractivity contribution in [2.45, 2.75) is 13.0 Å². The summed E-state index contributed by atoms with van der Waals surface area (Å²) in [6.07, 6.45) is 0.379. The van der Waals surface area contributed by atoms with Crippen molar-refractivity contribution in [3.8, 4) is 11.3 Å². The Balaban J connectivity index is 1.55. The molecule has 0 aliphatic heterocycles. The number of hydrogen-bond donors (Lipinski definition) is 1. The van der Waals surface area contributed by atoms with Gasteiger partial charge in [0.25, 0.3) is 0 Å². The Morgan fingerprint density at radius 1 is 1.09 bits per heavy atom. The van der Waals surface area contributed by atoms with E-state index >= 15 is 0 Å². The zero-order valence-corrected chi connectivity index (χ0v) is 14.7. The summed E-state index contributed by atoms with van der Waals surface area (Å²) in [4.78, 5) is 16.6. The molecule has 1 aromatic heterocycles. The predicted molar refractivity (Wildman–Crippen MR) is 97.2 cm³/mol. The number of nitrogens with one attached hydrogen (secondary N) is 1. The molecule has 3 rings (SSSR count). The van der Waals surface area contributed by atoms with E-state index in [0.717, 1.165) is 26.3 Å². The topological polar surface area (TPSA) is 42.0 Å². The van der Waals surface area contributed by atoms with Crippen molar-refractivity contribution in [2.75, 3.05) is 0 Å². The highest BCUT2D eigenvalue weighted by Crippen LogP contribution is 2.21. The summed E-state index contributed by atoms with van der Waals surface area (Å²) in [5.74, 6) is 0.00350. The van der Waals surface area contributed by atoms with Crippen molar-refractivity contribution >= 4 is 33.2 Å². The van der Waals surface area contributed by atoms with Crippen LogP contribution >= 0.6 is 27.3 Å². The van der Waals surface area contributed by atoms with Gasteiger partial charge < -0.3 is 5.32 Å². The maximum Gasteiger partial charge on any atom is 0.224 e. The smallest absolute Gasteiger partial charge is 0.224 e. The van der Waals surface area contributed by atoms with Gasteiger partial charge in [-0.2, -0.15) is 0 Å². The molecule has 0 saturated heterocycles. The van der Waals surface area contributed by atoms with Crippen LogP contribution in [0.25, 0.3) is 11.3 Å². The van der Waals surface area contributed by atoms with E-state index in [9.17, 15) is 4.79 Å². The Morgan fingerprint density at radius 3 is 2.57 bits per heavy atom. The van der Waals surface area contributed by atoms with Gasteiger partial charge in [0.1, 0.15) is 5.01 Å². The Labute approximate surface area is 147 Å². The number of aromatic nitrogens is 1. The maximum absolute atomic E-state index is 12.0. The lowest BCUT2D eigenvalue weighted by molar-refractivity contribution is -0.120. The van der Waals surface area contributed by atoms with E-state index in [1.807, 2.05) is 60.0 Å². The predicted octanol–water partition coefficient (Wildman–Crippen LogP) is 4.43. The number of carbonyl (C=O) groups excluding carboxylic acids is 1. The van der Waals surface area contributed by atoms with Crippen molar-refractivity contribution in [3.63, 3.8) is 0 Å². The SMILES string of the molecule is O=C(Cc1ccc(Br)cc1)NCc1nc(-c2ccccc2)cs1. The van der Waals surface area contributed by atoms with Crippen LogP contribution in [-0.4, -0.2) is 10.9 Å². The molecule has 0 radical (unpaired) electrons. The highest BCUT2D eigenvalue weighted by atomic mass is 79.9. The van der Waals surface area contributed by atoms with Gasteiger partial charge >= 0.3 is 0 Å². The number of nitrogens with zero attached hydrogens (tertiary/aromatic N) is 1. The number of thiazole rings is 1. The Kier molecular flexibility index (Phi) is 5.20. The Bertz CT molecular complexity index is 784. The van der Waals surface area contributed by atoms with Crippen LogP contribution in [-0.2, 0) is 17.8 Å². The summed E-state index contributed by atoms with van der Waals surface area (Å²) in [5.41, 5.74) is 3.04. The van der Waals surface area contributed by atoms with E-state index in [4.69, 9.17) is 0 Å². The third-order valence-electron chi connectivity index (χ3n) is 3.34. The fraction of sp³-hybridized carbons (Fsp3) is 0.111. The molecule has 3 aromatic rings. The first-order valence-electron chi connectivity index (χ1n) is 7.22. The molecular formula is C18H15BrN2OS. The fourth-order valence-electron chi connectivity index (χ4n) is 2.16. The summed E-state index contributed by atoms with van der Waals surface area (Å²) in [5, 5.41) is 5.85. The van der Waals surface area contributed by atoms with Gasteiger partial charge in [-0.25, -0.2) is 4.98 Å².